The van der Waals surface area contributed by atoms with Crippen LogP contribution < -0.4 is 0 Å². The minimum Gasteiger partial charge on any atom is -0.357 e. The number of H-pyrrole nitrogens is 2. The van der Waals surface area contributed by atoms with Crippen molar-refractivity contribution in [3.8, 4) is 22.6 Å². The topological polar surface area (TPSA) is 86.4 Å². The molecule has 0 aliphatic heterocycles. The summed E-state index contributed by atoms with van der Waals surface area (Å²) < 4.78 is 0. The first-order valence-corrected chi connectivity index (χ1v) is 11.4. The molecule has 2 N–H and O–H groups in total. The van der Waals surface area contributed by atoms with Gasteiger partial charge in [0.05, 0.1) is 16.9 Å². The quantitative estimate of drug-likeness (QED) is 0.317. The van der Waals surface area contributed by atoms with Gasteiger partial charge in [-0.2, -0.15) is 5.10 Å². The van der Waals surface area contributed by atoms with E-state index < -0.39 is 0 Å². The molecular formula is C28H27N7. The summed E-state index contributed by atoms with van der Waals surface area (Å²) in [5.74, 6) is 0. The molecule has 0 spiro atoms. The monoisotopic (exact) mass is 461 g/mol. The average Bonchev–Trinajstić information content (AvgIpc) is 3.45. The van der Waals surface area contributed by atoms with Crippen molar-refractivity contribution in [2.75, 3.05) is 14.1 Å². The summed E-state index contributed by atoms with van der Waals surface area (Å²) in [6, 6.07) is 12.2. The highest BCUT2D eigenvalue weighted by molar-refractivity contribution is 5.92. The minimum absolute atomic E-state index is 0.776. The Balaban J connectivity index is 1.57. The lowest BCUT2D eigenvalue weighted by Crippen LogP contribution is -2.10. The molecule has 5 rings (SSSR count). The van der Waals surface area contributed by atoms with Crippen molar-refractivity contribution in [2.45, 2.75) is 13.5 Å². The van der Waals surface area contributed by atoms with Crippen molar-refractivity contribution < 1.29 is 0 Å². The van der Waals surface area contributed by atoms with Gasteiger partial charge in [0.2, 0.25) is 0 Å². The summed E-state index contributed by atoms with van der Waals surface area (Å²) in [7, 11) is 4.09. The summed E-state index contributed by atoms with van der Waals surface area (Å²) in [6.45, 7) is 6.78. The van der Waals surface area contributed by atoms with Crippen LogP contribution in [0.25, 0.3) is 39.3 Å². The number of rotatable bonds is 7. The number of allylic oxidation sites excluding steroid dienone is 2. The standard InChI is InChI=1S/C28H27N7/c1-5-7-22(20-8-6-11-29-15-20)23-13-26(31-18(23)2)28-27-25(33-34-28)10-9-24(32-27)21-12-19(14-30-16-21)17-35(3)4/h5-16,31H,1,17H2,2-4H3,(H,33,34)/b22-7-. The van der Waals surface area contributed by atoms with Crippen molar-refractivity contribution >= 4 is 16.6 Å². The summed E-state index contributed by atoms with van der Waals surface area (Å²) in [4.78, 5) is 19.3. The molecule has 0 aliphatic carbocycles. The maximum Gasteiger partial charge on any atom is 0.135 e. The average molecular weight is 462 g/mol. The van der Waals surface area contributed by atoms with Crippen LogP contribution >= 0.6 is 0 Å². The van der Waals surface area contributed by atoms with Crippen LogP contribution in [-0.2, 0) is 6.54 Å². The van der Waals surface area contributed by atoms with Crippen LogP contribution in [0.5, 0.6) is 0 Å². The molecule has 0 aliphatic rings. The van der Waals surface area contributed by atoms with Crippen molar-refractivity contribution in [1.82, 2.24) is 35.0 Å². The van der Waals surface area contributed by atoms with Gasteiger partial charge in [-0.1, -0.05) is 24.8 Å². The second-order valence-corrected chi connectivity index (χ2v) is 8.76. The summed E-state index contributed by atoms with van der Waals surface area (Å²) >= 11 is 0. The molecule has 7 heteroatoms. The van der Waals surface area contributed by atoms with E-state index in [2.05, 4.69) is 55.7 Å². The summed E-state index contributed by atoms with van der Waals surface area (Å²) in [5.41, 5.74) is 10.5. The van der Waals surface area contributed by atoms with Gasteiger partial charge in [-0.25, -0.2) is 4.98 Å². The van der Waals surface area contributed by atoms with E-state index in [1.54, 1.807) is 12.3 Å². The first kappa shape index (κ1) is 22.4. The van der Waals surface area contributed by atoms with Crippen LogP contribution in [-0.4, -0.2) is 49.1 Å². The Morgan fingerprint density at radius 1 is 1.09 bits per heavy atom. The molecule has 0 radical (unpaired) electrons. The third-order valence-electron chi connectivity index (χ3n) is 5.81. The molecule has 0 unspecified atom stereocenters. The molecule has 0 amide bonds. The highest BCUT2D eigenvalue weighted by Gasteiger charge is 2.17. The van der Waals surface area contributed by atoms with E-state index in [0.717, 1.165) is 68.2 Å². The van der Waals surface area contributed by atoms with Crippen LogP contribution in [0.2, 0.25) is 0 Å². The van der Waals surface area contributed by atoms with Gasteiger partial charge in [0, 0.05) is 53.7 Å². The predicted molar refractivity (Wildman–Crippen MR) is 141 cm³/mol. The zero-order chi connectivity index (χ0) is 24.4. The number of aromatic amines is 2. The largest absolute Gasteiger partial charge is 0.357 e. The van der Waals surface area contributed by atoms with Gasteiger partial charge in [-0.05, 0) is 62.5 Å². The molecule has 174 valence electrons. The van der Waals surface area contributed by atoms with Gasteiger partial charge in [-0.3, -0.25) is 15.1 Å². The van der Waals surface area contributed by atoms with E-state index >= 15 is 0 Å². The van der Waals surface area contributed by atoms with Crippen molar-refractivity contribution in [3.05, 3.63) is 102 Å². The van der Waals surface area contributed by atoms with Gasteiger partial charge in [0.1, 0.15) is 11.2 Å². The Hall–Kier alpha value is -4.36. The van der Waals surface area contributed by atoms with Gasteiger partial charge in [0.15, 0.2) is 0 Å². The first-order chi connectivity index (χ1) is 17.0. The van der Waals surface area contributed by atoms with E-state index in [1.807, 2.05) is 63.0 Å². The lowest BCUT2D eigenvalue weighted by molar-refractivity contribution is 0.402. The number of hydrogen-bond donors (Lipinski definition) is 2. The second-order valence-electron chi connectivity index (χ2n) is 8.76. The number of aryl methyl sites for hydroxylation is 1. The number of hydrogen-bond acceptors (Lipinski definition) is 5. The Bertz CT molecular complexity index is 1520. The molecule has 0 saturated carbocycles. The van der Waals surface area contributed by atoms with E-state index in [-0.39, 0.29) is 0 Å². The molecule has 5 aromatic heterocycles. The van der Waals surface area contributed by atoms with Crippen LogP contribution in [0.15, 0.2) is 79.9 Å². The fraction of sp³-hybridized carbons (Fsp3) is 0.143. The predicted octanol–water partition coefficient (Wildman–Crippen LogP) is 5.40. The highest BCUT2D eigenvalue weighted by atomic mass is 15.1. The number of aromatic nitrogens is 6. The maximum absolute atomic E-state index is 4.97. The Morgan fingerprint density at radius 3 is 2.74 bits per heavy atom. The van der Waals surface area contributed by atoms with Crippen molar-refractivity contribution in [3.63, 3.8) is 0 Å². The van der Waals surface area contributed by atoms with Crippen LogP contribution in [0.1, 0.15) is 22.4 Å². The Kier molecular flexibility index (Phi) is 6.08. The smallest absolute Gasteiger partial charge is 0.135 e. The van der Waals surface area contributed by atoms with Crippen LogP contribution in [0.4, 0.5) is 0 Å². The lowest BCUT2D eigenvalue weighted by atomic mass is 9.99. The molecule has 7 nitrogen and oxygen atoms in total. The van der Waals surface area contributed by atoms with Gasteiger partial charge < -0.3 is 9.88 Å². The number of nitrogens with zero attached hydrogens (tertiary/aromatic N) is 5. The number of nitrogens with one attached hydrogen (secondary N) is 2. The minimum atomic E-state index is 0.776. The second kappa shape index (κ2) is 9.48. The van der Waals surface area contributed by atoms with E-state index in [0.29, 0.717) is 0 Å². The molecule has 0 saturated heterocycles. The van der Waals surface area contributed by atoms with Gasteiger partial charge >= 0.3 is 0 Å². The van der Waals surface area contributed by atoms with Gasteiger partial charge in [0.25, 0.3) is 0 Å². The molecule has 0 atom stereocenters. The molecule has 0 aromatic carbocycles. The first-order valence-electron chi connectivity index (χ1n) is 11.4. The molecule has 0 fully saturated rings. The zero-order valence-corrected chi connectivity index (χ0v) is 20.1. The fourth-order valence-electron chi connectivity index (χ4n) is 4.27. The number of pyridine rings is 3. The molecule has 0 bridgehead atoms. The zero-order valence-electron chi connectivity index (χ0n) is 20.1. The molecule has 5 heterocycles. The van der Waals surface area contributed by atoms with Crippen LogP contribution in [0.3, 0.4) is 0 Å². The van der Waals surface area contributed by atoms with E-state index in [1.165, 1.54) is 0 Å². The Morgan fingerprint density at radius 2 is 1.97 bits per heavy atom. The van der Waals surface area contributed by atoms with Crippen molar-refractivity contribution in [2.24, 2.45) is 0 Å². The SMILES string of the molecule is C=C/C=C(/c1cccnc1)c1cc(-c2n[nH]c3ccc(-c4cncc(CN(C)C)c4)nc23)[nH]c1C. The van der Waals surface area contributed by atoms with Gasteiger partial charge in [-0.15, -0.1) is 0 Å². The van der Waals surface area contributed by atoms with E-state index in [9.17, 15) is 0 Å². The summed E-state index contributed by atoms with van der Waals surface area (Å²) in [6.07, 6.45) is 11.2. The fourth-order valence-corrected chi connectivity index (χ4v) is 4.27. The third-order valence-corrected chi connectivity index (χ3v) is 5.81. The van der Waals surface area contributed by atoms with E-state index in [4.69, 9.17) is 4.98 Å². The molecule has 35 heavy (non-hydrogen) atoms. The highest BCUT2D eigenvalue weighted by Crippen LogP contribution is 2.33. The van der Waals surface area contributed by atoms with Crippen molar-refractivity contribution in [1.29, 1.82) is 0 Å². The maximum atomic E-state index is 4.97. The van der Waals surface area contributed by atoms with Crippen LogP contribution in [0, 0.1) is 6.92 Å². The summed E-state index contributed by atoms with van der Waals surface area (Å²) in [5, 5.41) is 7.72. The molecule has 5 aromatic rings. The molecular weight excluding hydrogens is 434 g/mol. The number of fused-ring (bicyclic) bond motifs is 1. The normalized spacial score (nSPS) is 11.9. The Labute approximate surface area is 204 Å². The lowest BCUT2D eigenvalue weighted by Gasteiger charge is -2.10. The third kappa shape index (κ3) is 4.54.